The van der Waals surface area contributed by atoms with Gasteiger partial charge < -0.3 is 10.1 Å². The van der Waals surface area contributed by atoms with Crippen LogP contribution in [0.2, 0.25) is 0 Å². The van der Waals surface area contributed by atoms with Gasteiger partial charge in [-0.1, -0.05) is 13.8 Å². The Hall–Kier alpha value is -0.910. The quantitative estimate of drug-likeness (QED) is 0.840. The molecule has 1 aliphatic carbocycles. The fourth-order valence-corrected chi connectivity index (χ4v) is 4.54. The van der Waals surface area contributed by atoms with Crippen LogP contribution in [0, 0.1) is 5.41 Å². The average molecular weight is 335 g/mol. The summed E-state index contributed by atoms with van der Waals surface area (Å²) in [6.45, 7) is 8.57. The molecule has 2 fully saturated rings. The van der Waals surface area contributed by atoms with Crippen molar-refractivity contribution in [3.63, 3.8) is 0 Å². The van der Waals surface area contributed by atoms with Crippen LogP contribution in [0.3, 0.4) is 0 Å². The predicted octanol–water partition coefficient (Wildman–Crippen LogP) is 2.90. The van der Waals surface area contributed by atoms with Gasteiger partial charge in [-0.05, 0) is 63.1 Å². The molecule has 1 spiro atoms. The highest BCUT2D eigenvalue weighted by atomic mass is 16.5. The van der Waals surface area contributed by atoms with Gasteiger partial charge in [0, 0.05) is 25.8 Å². The summed E-state index contributed by atoms with van der Waals surface area (Å²) in [5, 5.41) is 10.8. The Kier molecular flexibility index (Phi) is 5.33. The van der Waals surface area contributed by atoms with Gasteiger partial charge in [0.15, 0.2) is 0 Å². The monoisotopic (exact) mass is 334 g/mol. The Bertz CT molecular complexity index is 531. The number of nitrogens with zero attached hydrogens (tertiary/aromatic N) is 2. The molecule has 136 valence electrons. The largest absolute Gasteiger partial charge is 0.374 e. The zero-order valence-corrected chi connectivity index (χ0v) is 15.8. The van der Waals surface area contributed by atoms with Crippen LogP contribution in [0.1, 0.15) is 63.1 Å². The van der Waals surface area contributed by atoms with E-state index in [4.69, 9.17) is 4.74 Å². The highest BCUT2D eigenvalue weighted by molar-refractivity contribution is 5.22. The highest BCUT2D eigenvalue weighted by Gasteiger charge is 2.46. The Morgan fingerprint density at radius 2 is 2.12 bits per heavy atom. The second kappa shape index (κ2) is 7.14. The normalized spacial score (nSPS) is 29.6. The second-order valence-electron chi connectivity index (χ2n) is 8.72. The lowest BCUT2D eigenvalue weighted by Crippen LogP contribution is -2.33. The smallest absolute Gasteiger partial charge is 0.0796 e. The molecule has 0 atom stereocenters. The molecule has 5 nitrogen and oxygen atoms in total. The Labute approximate surface area is 146 Å². The molecule has 3 rings (SSSR count). The third-order valence-electron chi connectivity index (χ3n) is 5.82. The SMILES string of the molecule is CNCCN(C)Cc1n[nH]cc1[C@H]1CC[C@@]2(CC1)CC(C)(C)CO2. The standard InChI is InChI=1S/C19H34N4O/c1-18(2)13-19(24-14-18)7-5-15(6-8-19)16-11-21-22-17(16)12-23(4)10-9-20-3/h11,15,20H,5-10,12-14H2,1-4H3,(H,21,22)/t15-,19+. The highest BCUT2D eigenvalue weighted by Crippen LogP contribution is 2.50. The van der Waals surface area contributed by atoms with Gasteiger partial charge in [-0.15, -0.1) is 0 Å². The van der Waals surface area contributed by atoms with Crippen LogP contribution in [0.25, 0.3) is 0 Å². The summed E-state index contributed by atoms with van der Waals surface area (Å²) >= 11 is 0. The van der Waals surface area contributed by atoms with Gasteiger partial charge >= 0.3 is 0 Å². The summed E-state index contributed by atoms with van der Waals surface area (Å²) < 4.78 is 6.26. The predicted molar refractivity (Wildman–Crippen MR) is 97.1 cm³/mol. The van der Waals surface area contributed by atoms with E-state index in [1.807, 2.05) is 7.05 Å². The molecule has 5 heteroatoms. The zero-order chi connectivity index (χ0) is 17.2. The molecular formula is C19H34N4O. The maximum atomic E-state index is 6.26. The van der Waals surface area contributed by atoms with E-state index in [-0.39, 0.29) is 5.60 Å². The molecule has 0 amide bonds. The molecule has 24 heavy (non-hydrogen) atoms. The molecule has 0 aromatic carbocycles. The third kappa shape index (κ3) is 4.01. The first kappa shape index (κ1) is 17.9. The molecule has 2 heterocycles. The topological polar surface area (TPSA) is 53.2 Å². The average Bonchev–Trinajstić information content (AvgIpc) is 3.11. The number of nitrogens with one attached hydrogen (secondary N) is 2. The van der Waals surface area contributed by atoms with E-state index in [1.54, 1.807) is 0 Å². The second-order valence-corrected chi connectivity index (χ2v) is 8.72. The molecule has 0 unspecified atom stereocenters. The first-order valence-electron chi connectivity index (χ1n) is 9.43. The Morgan fingerprint density at radius 1 is 1.38 bits per heavy atom. The molecule has 0 bridgehead atoms. The van der Waals surface area contributed by atoms with Crippen molar-refractivity contribution in [2.24, 2.45) is 5.41 Å². The maximum absolute atomic E-state index is 6.26. The summed E-state index contributed by atoms with van der Waals surface area (Å²) in [6.07, 6.45) is 8.19. The lowest BCUT2D eigenvalue weighted by atomic mass is 9.72. The number of hydrogen-bond acceptors (Lipinski definition) is 4. The molecule has 2 N–H and O–H groups in total. The Morgan fingerprint density at radius 3 is 2.75 bits per heavy atom. The minimum Gasteiger partial charge on any atom is -0.374 e. The Balaban J connectivity index is 1.58. The lowest BCUT2D eigenvalue weighted by Gasteiger charge is -2.37. The van der Waals surface area contributed by atoms with Gasteiger partial charge in [-0.25, -0.2) is 0 Å². The van der Waals surface area contributed by atoms with E-state index >= 15 is 0 Å². The number of likely N-dealkylation sites (N-methyl/N-ethyl adjacent to an activating group) is 2. The third-order valence-corrected chi connectivity index (χ3v) is 5.82. The first-order valence-corrected chi connectivity index (χ1v) is 9.43. The van der Waals surface area contributed by atoms with E-state index in [0.29, 0.717) is 11.3 Å². The summed E-state index contributed by atoms with van der Waals surface area (Å²) in [6, 6.07) is 0. The minimum absolute atomic E-state index is 0.160. The fraction of sp³-hybridized carbons (Fsp3) is 0.842. The van der Waals surface area contributed by atoms with Crippen molar-refractivity contribution in [2.45, 2.75) is 64.0 Å². The minimum atomic E-state index is 0.160. The molecule has 1 aliphatic heterocycles. The van der Waals surface area contributed by atoms with Crippen molar-refractivity contribution in [1.82, 2.24) is 20.4 Å². The van der Waals surface area contributed by atoms with E-state index in [1.165, 1.54) is 43.4 Å². The number of H-pyrrole nitrogens is 1. The van der Waals surface area contributed by atoms with Crippen LogP contribution >= 0.6 is 0 Å². The van der Waals surface area contributed by atoms with Crippen LogP contribution < -0.4 is 5.32 Å². The molecule has 1 aromatic heterocycles. The zero-order valence-electron chi connectivity index (χ0n) is 15.8. The molecule has 0 radical (unpaired) electrons. The fourth-order valence-electron chi connectivity index (χ4n) is 4.54. The van der Waals surface area contributed by atoms with Gasteiger partial charge in [-0.2, -0.15) is 5.10 Å². The van der Waals surface area contributed by atoms with Crippen molar-refractivity contribution >= 4 is 0 Å². The van der Waals surface area contributed by atoms with Crippen LogP contribution in [0.15, 0.2) is 6.20 Å². The van der Waals surface area contributed by atoms with Crippen molar-refractivity contribution in [3.05, 3.63) is 17.5 Å². The lowest BCUT2D eigenvalue weighted by molar-refractivity contribution is -0.0294. The van der Waals surface area contributed by atoms with Crippen molar-refractivity contribution in [3.8, 4) is 0 Å². The van der Waals surface area contributed by atoms with E-state index in [0.717, 1.165) is 26.2 Å². The van der Waals surface area contributed by atoms with E-state index in [9.17, 15) is 0 Å². The van der Waals surface area contributed by atoms with Gasteiger partial charge in [0.1, 0.15) is 0 Å². The van der Waals surface area contributed by atoms with Crippen LogP contribution in [0.4, 0.5) is 0 Å². The number of hydrogen-bond donors (Lipinski definition) is 2. The summed E-state index contributed by atoms with van der Waals surface area (Å²) in [5.41, 5.74) is 3.16. The van der Waals surface area contributed by atoms with Crippen LogP contribution in [-0.2, 0) is 11.3 Å². The van der Waals surface area contributed by atoms with Crippen molar-refractivity contribution in [1.29, 1.82) is 0 Å². The molecule has 1 saturated heterocycles. The van der Waals surface area contributed by atoms with Gasteiger partial charge in [-0.3, -0.25) is 10.00 Å². The molecular weight excluding hydrogens is 300 g/mol. The molecule has 1 saturated carbocycles. The van der Waals surface area contributed by atoms with E-state index < -0.39 is 0 Å². The van der Waals surface area contributed by atoms with Gasteiger partial charge in [0.2, 0.25) is 0 Å². The maximum Gasteiger partial charge on any atom is 0.0796 e. The van der Waals surface area contributed by atoms with Crippen LogP contribution in [0.5, 0.6) is 0 Å². The van der Waals surface area contributed by atoms with E-state index in [2.05, 4.69) is 47.5 Å². The van der Waals surface area contributed by atoms with Crippen molar-refractivity contribution < 1.29 is 4.74 Å². The number of ether oxygens (including phenoxy) is 1. The number of aromatic nitrogens is 2. The van der Waals surface area contributed by atoms with Gasteiger partial charge in [0.25, 0.3) is 0 Å². The summed E-state index contributed by atoms with van der Waals surface area (Å²) in [5.74, 6) is 0.634. The number of rotatable bonds is 6. The summed E-state index contributed by atoms with van der Waals surface area (Å²) in [4.78, 5) is 2.34. The molecule has 2 aliphatic rings. The van der Waals surface area contributed by atoms with Crippen molar-refractivity contribution in [2.75, 3.05) is 33.8 Å². The number of aromatic amines is 1. The molecule has 1 aromatic rings. The van der Waals surface area contributed by atoms with Gasteiger partial charge in [0.05, 0.1) is 17.9 Å². The summed E-state index contributed by atoms with van der Waals surface area (Å²) in [7, 11) is 4.16. The van der Waals surface area contributed by atoms with Crippen LogP contribution in [-0.4, -0.2) is 54.5 Å². The first-order chi connectivity index (χ1) is 11.4.